The number of nitrogens with zero attached hydrogens (tertiary/aromatic N) is 4. The monoisotopic (exact) mass is 349 g/mol. The van der Waals surface area contributed by atoms with Gasteiger partial charge in [0.1, 0.15) is 5.01 Å². The Labute approximate surface area is 145 Å². The van der Waals surface area contributed by atoms with Gasteiger partial charge in [0.05, 0.1) is 17.8 Å². The molecule has 1 unspecified atom stereocenters. The Balaban J connectivity index is 1.47. The standard InChI is InChI=1S/C16H23N5O2S/c1-10(2)7-20-8-12(6-14(20)22)15(23)17-5-4-13-9-21-16(18-13)24-11(3)19-21/h9-10,12H,4-8H2,1-3H3,(H,17,23). The number of aromatic nitrogens is 3. The second kappa shape index (κ2) is 6.88. The molecule has 1 saturated heterocycles. The van der Waals surface area contributed by atoms with Crippen LogP contribution in [-0.4, -0.2) is 50.9 Å². The van der Waals surface area contributed by atoms with E-state index in [1.54, 1.807) is 20.8 Å². The van der Waals surface area contributed by atoms with Crippen molar-refractivity contribution in [3.8, 4) is 0 Å². The van der Waals surface area contributed by atoms with Gasteiger partial charge in [-0.05, 0) is 12.8 Å². The Kier molecular flexibility index (Phi) is 4.84. The van der Waals surface area contributed by atoms with Crippen molar-refractivity contribution in [3.63, 3.8) is 0 Å². The summed E-state index contributed by atoms with van der Waals surface area (Å²) in [5.41, 5.74) is 0.915. The molecule has 1 aliphatic heterocycles. The van der Waals surface area contributed by atoms with E-state index in [4.69, 9.17) is 0 Å². The van der Waals surface area contributed by atoms with E-state index in [-0.39, 0.29) is 17.7 Å². The Morgan fingerprint density at radius 3 is 3.00 bits per heavy atom. The first-order valence-electron chi connectivity index (χ1n) is 8.29. The zero-order valence-electron chi connectivity index (χ0n) is 14.3. The highest BCUT2D eigenvalue weighted by Gasteiger charge is 2.34. The number of hydrogen-bond donors (Lipinski definition) is 1. The van der Waals surface area contributed by atoms with Crippen LogP contribution in [0.25, 0.3) is 4.96 Å². The molecule has 1 N–H and O–H groups in total. The summed E-state index contributed by atoms with van der Waals surface area (Å²) in [4.78, 5) is 31.4. The molecule has 2 aromatic rings. The molecule has 24 heavy (non-hydrogen) atoms. The van der Waals surface area contributed by atoms with Crippen molar-refractivity contribution in [3.05, 3.63) is 16.9 Å². The molecule has 0 spiro atoms. The topological polar surface area (TPSA) is 79.6 Å². The van der Waals surface area contributed by atoms with Gasteiger partial charge in [0.15, 0.2) is 0 Å². The fourth-order valence-corrected chi connectivity index (χ4v) is 3.73. The van der Waals surface area contributed by atoms with Crippen LogP contribution in [0.2, 0.25) is 0 Å². The fraction of sp³-hybridized carbons (Fsp3) is 0.625. The molecule has 130 valence electrons. The average Bonchev–Trinajstić information content (AvgIpc) is 3.12. The van der Waals surface area contributed by atoms with Crippen LogP contribution in [0.3, 0.4) is 0 Å². The molecular weight excluding hydrogens is 326 g/mol. The van der Waals surface area contributed by atoms with Crippen LogP contribution in [0, 0.1) is 18.8 Å². The molecule has 7 nitrogen and oxygen atoms in total. The van der Waals surface area contributed by atoms with Gasteiger partial charge >= 0.3 is 0 Å². The van der Waals surface area contributed by atoms with Crippen molar-refractivity contribution in [1.29, 1.82) is 0 Å². The fourth-order valence-electron chi connectivity index (χ4n) is 2.99. The summed E-state index contributed by atoms with van der Waals surface area (Å²) in [6.45, 7) is 7.88. The maximum Gasteiger partial charge on any atom is 0.225 e. The van der Waals surface area contributed by atoms with Crippen LogP contribution in [0.15, 0.2) is 6.20 Å². The van der Waals surface area contributed by atoms with Crippen LogP contribution in [-0.2, 0) is 16.0 Å². The summed E-state index contributed by atoms with van der Waals surface area (Å²) in [6, 6.07) is 0. The lowest BCUT2D eigenvalue weighted by Crippen LogP contribution is -2.35. The minimum absolute atomic E-state index is 0.0374. The maximum absolute atomic E-state index is 12.3. The molecule has 0 bridgehead atoms. The summed E-state index contributed by atoms with van der Waals surface area (Å²) in [5, 5.41) is 8.23. The largest absolute Gasteiger partial charge is 0.355 e. The number of carbonyl (C=O) groups excluding carboxylic acids is 2. The summed E-state index contributed by atoms with van der Waals surface area (Å²) < 4.78 is 1.77. The third kappa shape index (κ3) is 3.75. The predicted octanol–water partition coefficient (Wildman–Crippen LogP) is 1.26. The van der Waals surface area contributed by atoms with Crippen LogP contribution in [0.4, 0.5) is 0 Å². The number of imidazole rings is 1. The highest BCUT2D eigenvalue weighted by Crippen LogP contribution is 2.19. The molecule has 8 heteroatoms. The number of hydrogen-bond acceptors (Lipinski definition) is 5. The smallest absolute Gasteiger partial charge is 0.225 e. The van der Waals surface area contributed by atoms with Crippen LogP contribution >= 0.6 is 11.3 Å². The second-order valence-corrected chi connectivity index (χ2v) is 7.88. The maximum atomic E-state index is 12.3. The highest BCUT2D eigenvalue weighted by molar-refractivity contribution is 7.16. The number of fused-ring (bicyclic) bond motifs is 1. The van der Waals surface area contributed by atoms with Crippen molar-refractivity contribution >= 4 is 28.1 Å². The molecule has 0 saturated carbocycles. The number of nitrogens with one attached hydrogen (secondary N) is 1. The Hall–Kier alpha value is -1.96. The van der Waals surface area contributed by atoms with Gasteiger partial charge in [-0.25, -0.2) is 9.50 Å². The van der Waals surface area contributed by atoms with Crippen LogP contribution < -0.4 is 5.32 Å². The number of likely N-dealkylation sites (tertiary alicyclic amines) is 1. The van der Waals surface area contributed by atoms with E-state index in [0.29, 0.717) is 31.8 Å². The van der Waals surface area contributed by atoms with E-state index in [9.17, 15) is 9.59 Å². The number of rotatable bonds is 6. The van der Waals surface area contributed by atoms with Crippen LogP contribution in [0.1, 0.15) is 31.0 Å². The molecule has 3 rings (SSSR count). The van der Waals surface area contributed by atoms with Gasteiger partial charge in [-0.15, -0.1) is 0 Å². The minimum Gasteiger partial charge on any atom is -0.355 e. The van der Waals surface area contributed by atoms with E-state index >= 15 is 0 Å². The molecular formula is C16H23N5O2S. The van der Waals surface area contributed by atoms with Gasteiger partial charge < -0.3 is 10.2 Å². The average molecular weight is 349 g/mol. The van der Waals surface area contributed by atoms with Crippen molar-refractivity contribution in [2.24, 2.45) is 11.8 Å². The van der Waals surface area contributed by atoms with Gasteiger partial charge in [0.25, 0.3) is 0 Å². The van der Waals surface area contributed by atoms with Gasteiger partial charge in [0.2, 0.25) is 16.8 Å². The third-order valence-corrected chi connectivity index (χ3v) is 4.88. The number of amides is 2. The molecule has 1 aliphatic rings. The van der Waals surface area contributed by atoms with Crippen molar-refractivity contribution < 1.29 is 9.59 Å². The molecule has 0 aliphatic carbocycles. The van der Waals surface area contributed by atoms with Crippen LogP contribution in [0.5, 0.6) is 0 Å². The Morgan fingerprint density at radius 1 is 1.50 bits per heavy atom. The number of carbonyl (C=O) groups is 2. The van der Waals surface area contributed by atoms with E-state index < -0.39 is 0 Å². The minimum atomic E-state index is -0.231. The molecule has 2 amide bonds. The number of aryl methyl sites for hydroxylation is 1. The normalized spacial score (nSPS) is 18.1. The van der Waals surface area contributed by atoms with Gasteiger partial charge in [0, 0.05) is 32.5 Å². The van der Waals surface area contributed by atoms with Gasteiger partial charge in [-0.2, -0.15) is 5.10 Å². The first kappa shape index (κ1) is 16.9. The molecule has 3 heterocycles. The predicted molar refractivity (Wildman–Crippen MR) is 91.8 cm³/mol. The zero-order chi connectivity index (χ0) is 17.3. The molecule has 1 atom stereocenters. The van der Waals surface area contributed by atoms with Gasteiger partial charge in [-0.1, -0.05) is 25.2 Å². The summed E-state index contributed by atoms with van der Waals surface area (Å²) in [6.07, 6.45) is 2.88. The molecule has 0 aromatic carbocycles. The summed E-state index contributed by atoms with van der Waals surface area (Å²) in [5.74, 6) is 0.234. The van der Waals surface area contributed by atoms with E-state index in [0.717, 1.165) is 22.2 Å². The Morgan fingerprint density at radius 2 is 2.29 bits per heavy atom. The quantitative estimate of drug-likeness (QED) is 0.851. The molecule has 1 fully saturated rings. The first-order valence-corrected chi connectivity index (χ1v) is 9.11. The van der Waals surface area contributed by atoms with E-state index in [1.165, 1.54) is 0 Å². The SMILES string of the molecule is Cc1nn2cc(CCNC(=O)C3CC(=O)N(CC(C)C)C3)nc2s1. The summed E-state index contributed by atoms with van der Waals surface area (Å²) in [7, 11) is 0. The van der Waals surface area contributed by atoms with E-state index in [1.807, 2.05) is 13.1 Å². The molecule has 0 radical (unpaired) electrons. The lowest BCUT2D eigenvalue weighted by atomic mass is 10.1. The zero-order valence-corrected chi connectivity index (χ0v) is 15.1. The summed E-state index contributed by atoms with van der Waals surface area (Å²) >= 11 is 1.55. The third-order valence-electron chi connectivity index (χ3n) is 4.05. The molecule has 2 aromatic heterocycles. The highest BCUT2D eigenvalue weighted by atomic mass is 32.1. The lowest BCUT2D eigenvalue weighted by molar-refractivity contribution is -0.129. The van der Waals surface area contributed by atoms with Crippen molar-refractivity contribution in [2.75, 3.05) is 19.6 Å². The second-order valence-electron chi connectivity index (χ2n) is 6.72. The van der Waals surface area contributed by atoms with Crippen molar-refractivity contribution in [1.82, 2.24) is 24.8 Å². The van der Waals surface area contributed by atoms with Gasteiger partial charge in [-0.3, -0.25) is 9.59 Å². The van der Waals surface area contributed by atoms with Crippen molar-refractivity contribution in [2.45, 2.75) is 33.6 Å². The van der Waals surface area contributed by atoms with E-state index in [2.05, 4.69) is 29.2 Å². The lowest BCUT2D eigenvalue weighted by Gasteiger charge is -2.18. The Bertz CT molecular complexity index is 719. The first-order chi connectivity index (χ1) is 11.4.